The van der Waals surface area contributed by atoms with Gasteiger partial charge in [0.05, 0.1) is 11.5 Å². The molecular formula is C28H24N6OS. The summed E-state index contributed by atoms with van der Waals surface area (Å²) in [6, 6.07) is 26.1. The first-order chi connectivity index (χ1) is 17.6. The van der Waals surface area contributed by atoms with Crippen LogP contribution in [0.3, 0.4) is 0 Å². The van der Waals surface area contributed by atoms with Crippen molar-refractivity contribution < 1.29 is 4.79 Å². The normalized spacial score (nSPS) is 11.6. The minimum atomic E-state index is -0.219. The fourth-order valence-electron chi connectivity index (χ4n) is 3.89. The Bertz CT molecular complexity index is 1540. The van der Waals surface area contributed by atoms with Crippen LogP contribution < -0.4 is 5.43 Å². The van der Waals surface area contributed by atoms with Gasteiger partial charge in [-0.05, 0) is 48.9 Å². The lowest BCUT2D eigenvalue weighted by molar-refractivity contribution is -0.118. The number of benzene rings is 3. The molecule has 0 unspecified atom stereocenters. The first kappa shape index (κ1) is 23.4. The number of fused-ring (bicyclic) bond motifs is 1. The van der Waals surface area contributed by atoms with Crippen LogP contribution in [0.4, 0.5) is 0 Å². The first-order valence-electron chi connectivity index (χ1n) is 11.5. The highest BCUT2D eigenvalue weighted by Gasteiger charge is 2.17. The molecule has 0 saturated carbocycles. The summed E-state index contributed by atoms with van der Waals surface area (Å²) in [5.41, 5.74) is 7.39. The highest BCUT2D eigenvalue weighted by atomic mass is 32.2. The van der Waals surface area contributed by atoms with Crippen LogP contribution in [0.2, 0.25) is 0 Å². The number of pyridine rings is 1. The minimum absolute atomic E-state index is 0.145. The maximum absolute atomic E-state index is 12.7. The molecule has 0 saturated heterocycles. The number of hydrazone groups is 1. The monoisotopic (exact) mass is 492 g/mol. The Morgan fingerprint density at radius 1 is 0.944 bits per heavy atom. The molecule has 1 N–H and O–H groups in total. The van der Waals surface area contributed by atoms with E-state index >= 15 is 0 Å². The van der Waals surface area contributed by atoms with Crippen LogP contribution in [-0.2, 0) is 4.79 Å². The molecule has 2 heterocycles. The zero-order chi connectivity index (χ0) is 24.9. The van der Waals surface area contributed by atoms with Gasteiger partial charge in [-0.25, -0.2) is 5.43 Å². The smallest absolute Gasteiger partial charge is 0.250 e. The Kier molecular flexibility index (Phi) is 6.86. The SMILES string of the molecule is CC(=NNC(=O)CSc1nnc(-c2ccncc2)n1-c1ccc(C)cc1)c1cccc2ccccc12. The van der Waals surface area contributed by atoms with E-state index in [-0.39, 0.29) is 11.7 Å². The Hall–Kier alpha value is -4.30. The van der Waals surface area contributed by atoms with Gasteiger partial charge >= 0.3 is 0 Å². The van der Waals surface area contributed by atoms with E-state index in [2.05, 4.69) is 43.9 Å². The van der Waals surface area contributed by atoms with E-state index in [0.717, 1.165) is 38.9 Å². The summed E-state index contributed by atoms with van der Waals surface area (Å²) in [7, 11) is 0. The molecule has 0 bridgehead atoms. The Labute approximate surface area is 213 Å². The molecule has 7 nitrogen and oxygen atoms in total. The van der Waals surface area contributed by atoms with Crippen molar-refractivity contribution in [3.8, 4) is 17.1 Å². The van der Waals surface area contributed by atoms with Crippen molar-refractivity contribution in [2.75, 3.05) is 5.75 Å². The Balaban J connectivity index is 1.34. The fraction of sp³-hybridized carbons (Fsp3) is 0.107. The minimum Gasteiger partial charge on any atom is -0.272 e. The van der Waals surface area contributed by atoms with Crippen molar-refractivity contribution in [1.82, 2.24) is 25.2 Å². The van der Waals surface area contributed by atoms with Gasteiger partial charge in [-0.3, -0.25) is 14.3 Å². The number of carbonyl (C=O) groups is 1. The fourth-order valence-corrected chi connectivity index (χ4v) is 4.63. The van der Waals surface area contributed by atoms with E-state index in [1.807, 2.05) is 79.1 Å². The van der Waals surface area contributed by atoms with E-state index in [9.17, 15) is 4.79 Å². The molecule has 0 spiro atoms. The molecule has 8 heteroatoms. The number of carbonyl (C=O) groups excluding carboxylic acids is 1. The summed E-state index contributed by atoms with van der Waals surface area (Å²) in [5, 5.41) is 16.0. The number of rotatable bonds is 7. The van der Waals surface area contributed by atoms with Gasteiger partial charge in [0.25, 0.3) is 5.91 Å². The van der Waals surface area contributed by atoms with Gasteiger partial charge in [-0.15, -0.1) is 10.2 Å². The molecule has 0 aliphatic heterocycles. The topological polar surface area (TPSA) is 85.1 Å². The number of nitrogens with zero attached hydrogens (tertiary/aromatic N) is 5. The number of thioether (sulfide) groups is 1. The van der Waals surface area contributed by atoms with E-state index in [1.165, 1.54) is 11.8 Å². The van der Waals surface area contributed by atoms with Crippen LogP contribution in [0.5, 0.6) is 0 Å². The van der Waals surface area contributed by atoms with Crippen molar-refractivity contribution in [2.24, 2.45) is 5.10 Å². The largest absolute Gasteiger partial charge is 0.272 e. The van der Waals surface area contributed by atoms with Gasteiger partial charge in [0.2, 0.25) is 0 Å². The third-order valence-electron chi connectivity index (χ3n) is 5.72. The molecule has 5 aromatic rings. The molecule has 2 aromatic heterocycles. The van der Waals surface area contributed by atoms with Crippen molar-refractivity contribution in [1.29, 1.82) is 0 Å². The Morgan fingerprint density at radius 3 is 2.50 bits per heavy atom. The standard InChI is InChI=1S/C28H24N6OS/c1-19-10-12-23(13-11-19)34-27(22-14-16-29-17-15-22)32-33-28(34)36-18-26(35)31-30-20(2)24-9-5-7-21-6-3-4-8-25(21)24/h3-17H,18H2,1-2H3,(H,31,35). The summed E-state index contributed by atoms with van der Waals surface area (Å²) in [6.07, 6.45) is 3.44. The number of nitrogens with one attached hydrogen (secondary N) is 1. The van der Waals surface area contributed by atoms with Gasteiger partial charge in [0.1, 0.15) is 0 Å². The summed E-state index contributed by atoms with van der Waals surface area (Å²) in [5.74, 6) is 0.615. The molecule has 1 amide bonds. The van der Waals surface area contributed by atoms with E-state index in [4.69, 9.17) is 0 Å². The van der Waals surface area contributed by atoms with Crippen LogP contribution >= 0.6 is 11.8 Å². The van der Waals surface area contributed by atoms with Crippen LogP contribution in [-0.4, -0.2) is 37.1 Å². The van der Waals surface area contributed by atoms with E-state index < -0.39 is 0 Å². The third-order valence-corrected chi connectivity index (χ3v) is 6.65. The van der Waals surface area contributed by atoms with Crippen LogP contribution in [0.15, 0.2) is 102 Å². The lowest BCUT2D eigenvalue weighted by Crippen LogP contribution is -2.21. The molecule has 36 heavy (non-hydrogen) atoms. The van der Waals surface area contributed by atoms with Crippen molar-refractivity contribution >= 4 is 34.2 Å². The van der Waals surface area contributed by atoms with Gasteiger partial charge in [0.15, 0.2) is 11.0 Å². The first-order valence-corrected chi connectivity index (χ1v) is 12.5. The average molecular weight is 493 g/mol. The quantitative estimate of drug-likeness (QED) is 0.186. The maximum atomic E-state index is 12.7. The molecule has 5 rings (SSSR count). The van der Waals surface area contributed by atoms with Gasteiger partial charge in [0, 0.05) is 29.2 Å². The summed E-state index contributed by atoms with van der Waals surface area (Å²) in [4.78, 5) is 16.8. The molecule has 0 aliphatic rings. The highest BCUT2D eigenvalue weighted by molar-refractivity contribution is 7.99. The lowest BCUT2D eigenvalue weighted by atomic mass is 10.0. The zero-order valence-corrected chi connectivity index (χ0v) is 20.7. The molecule has 0 atom stereocenters. The predicted octanol–water partition coefficient (Wildman–Crippen LogP) is 5.42. The summed E-state index contributed by atoms with van der Waals surface area (Å²) < 4.78 is 1.96. The van der Waals surface area contributed by atoms with Gasteiger partial charge in [-0.1, -0.05) is 71.9 Å². The third kappa shape index (κ3) is 5.04. The molecule has 0 aliphatic carbocycles. The molecule has 0 radical (unpaired) electrons. The lowest BCUT2D eigenvalue weighted by Gasteiger charge is -2.10. The van der Waals surface area contributed by atoms with Gasteiger partial charge < -0.3 is 0 Å². The van der Waals surface area contributed by atoms with E-state index in [1.54, 1.807) is 12.4 Å². The number of hydrogen-bond donors (Lipinski definition) is 1. The van der Waals surface area contributed by atoms with Crippen LogP contribution in [0.25, 0.3) is 27.8 Å². The number of aryl methyl sites for hydroxylation is 1. The summed E-state index contributed by atoms with van der Waals surface area (Å²) >= 11 is 1.31. The second-order valence-corrected chi connectivity index (χ2v) is 9.20. The maximum Gasteiger partial charge on any atom is 0.250 e. The van der Waals surface area contributed by atoms with E-state index in [0.29, 0.717) is 11.0 Å². The van der Waals surface area contributed by atoms with Crippen molar-refractivity contribution in [3.05, 3.63) is 102 Å². The van der Waals surface area contributed by atoms with Crippen LogP contribution in [0, 0.1) is 6.92 Å². The van der Waals surface area contributed by atoms with Crippen molar-refractivity contribution in [3.63, 3.8) is 0 Å². The molecule has 3 aromatic carbocycles. The molecular weight excluding hydrogens is 468 g/mol. The number of amides is 1. The second-order valence-electron chi connectivity index (χ2n) is 8.26. The number of hydrogen-bond acceptors (Lipinski definition) is 6. The van der Waals surface area contributed by atoms with Crippen LogP contribution in [0.1, 0.15) is 18.1 Å². The Morgan fingerprint density at radius 2 is 1.69 bits per heavy atom. The zero-order valence-electron chi connectivity index (χ0n) is 19.9. The average Bonchev–Trinajstić information content (AvgIpc) is 3.35. The number of aromatic nitrogens is 4. The summed E-state index contributed by atoms with van der Waals surface area (Å²) in [6.45, 7) is 3.94. The highest BCUT2D eigenvalue weighted by Crippen LogP contribution is 2.28. The van der Waals surface area contributed by atoms with Crippen molar-refractivity contribution in [2.45, 2.75) is 19.0 Å². The predicted molar refractivity (Wildman–Crippen MR) is 144 cm³/mol. The second kappa shape index (κ2) is 10.5. The molecule has 178 valence electrons. The molecule has 0 fully saturated rings. The van der Waals surface area contributed by atoms with Gasteiger partial charge in [-0.2, -0.15) is 5.10 Å².